The first-order valence-electron chi connectivity index (χ1n) is 5.87. The molecule has 0 bridgehead atoms. The molecule has 1 aromatic carbocycles. The number of amides is 1. The summed E-state index contributed by atoms with van der Waals surface area (Å²) in [6.45, 7) is 0.326. The summed E-state index contributed by atoms with van der Waals surface area (Å²) in [5, 5.41) is 0. The minimum atomic E-state index is -0.330. The number of carbonyl (C=O) groups is 2. The third kappa shape index (κ3) is 2.90. The number of hydrogen-bond donors (Lipinski definition) is 1. The number of methoxy groups -OCH3 is 1. The predicted octanol–water partition coefficient (Wildman–Crippen LogP) is 1.20. The van der Waals surface area contributed by atoms with Crippen molar-refractivity contribution >= 4 is 22.9 Å². The van der Waals surface area contributed by atoms with Gasteiger partial charge in [-0.1, -0.05) is 0 Å². The van der Waals surface area contributed by atoms with Gasteiger partial charge < -0.3 is 14.6 Å². The predicted molar refractivity (Wildman–Crippen MR) is 69.7 cm³/mol. The van der Waals surface area contributed by atoms with Crippen LogP contribution in [0.25, 0.3) is 11.0 Å². The van der Waals surface area contributed by atoms with E-state index in [1.807, 2.05) is 0 Å². The van der Waals surface area contributed by atoms with E-state index < -0.39 is 0 Å². The fourth-order valence-corrected chi connectivity index (χ4v) is 1.75. The molecule has 0 aliphatic rings. The number of rotatable bonds is 4. The summed E-state index contributed by atoms with van der Waals surface area (Å²) < 4.78 is 4.54. The highest BCUT2D eigenvalue weighted by molar-refractivity contribution is 5.97. The van der Waals surface area contributed by atoms with Crippen LogP contribution in [0.15, 0.2) is 24.5 Å². The second-order valence-corrected chi connectivity index (χ2v) is 4.19. The summed E-state index contributed by atoms with van der Waals surface area (Å²) >= 11 is 0. The average Bonchev–Trinajstić information content (AvgIpc) is 2.90. The number of imidazole rings is 1. The molecular weight excluding hydrogens is 246 g/mol. The van der Waals surface area contributed by atoms with Crippen LogP contribution in [0, 0.1) is 0 Å². The molecule has 6 nitrogen and oxygen atoms in total. The van der Waals surface area contributed by atoms with Crippen LogP contribution in [0.2, 0.25) is 0 Å². The Morgan fingerprint density at radius 2 is 2.21 bits per heavy atom. The molecule has 1 N–H and O–H groups in total. The Morgan fingerprint density at radius 3 is 2.95 bits per heavy atom. The highest BCUT2D eigenvalue weighted by atomic mass is 16.5. The van der Waals surface area contributed by atoms with Gasteiger partial charge in [0.15, 0.2) is 0 Å². The third-order valence-corrected chi connectivity index (χ3v) is 2.89. The van der Waals surface area contributed by atoms with Crippen LogP contribution in [-0.4, -0.2) is 47.4 Å². The molecule has 0 spiro atoms. The van der Waals surface area contributed by atoms with Gasteiger partial charge in [-0.3, -0.25) is 9.59 Å². The number of nitrogens with zero attached hydrogens (tertiary/aromatic N) is 2. The lowest BCUT2D eigenvalue weighted by Gasteiger charge is -2.16. The first-order valence-corrected chi connectivity index (χ1v) is 5.87. The first-order chi connectivity index (χ1) is 9.11. The van der Waals surface area contributed by atoms with Crippen LogP contribution in [0.4, 0.5) is 0 Å². The molecule has 0 atom stereocenters. The zero-order chi connectivity index (χ0) is 13.8. The monoisotopic (exact) mass is 261 g/mol. The molecule has 0 saturated heterocycles. The fraction of sp³-hybridized carbons (Fsp3) is 0.308. The van der Waals surface area contributed by atoms with E-state index in [0.29, 0.717) is 12.1 Å². The van der Waals surface area contributed by atoms with Crippen LogP contribution < -0.4 is 0 Å². The molecule has 0 radical (unpaired) electrons. The Balaban J connectivity index is 2.07. The van der Waals surface area contributed by atoms with Crippen molar-refractivity contribution in [2.75, 3.05) is 20.7 Å². The topological polar surface area (TPSA) is 75.3 Å². The van der Waals surface area contributed by atoms with Gasteiger partial charge in [-0.15, -0.1) is 0 Å². The molecule has 1 aromatic heterocycles. The summed E-state index contributed by atoms with van der Waals surface area (Å²) in [7, 11) is 2.98. The van der Waals surface area contributed by atoms with Gasteiger partial charge in [0, 0.05) is 19.2 Å². The number of aromatic amines is 1. The minimum absolute atomic E-state index is 0.139. The van der Waals surface area contributed by atoms with E-state index in [0.717, 1.165) is 11.0 Å². The normalized spacial score (nSPS) is 10.4. The molecule has 0 saturated carbocycles. The molecule has 0 aliphatic heterocycles. The molecule has 1 heterocycles. The number of ether oxygens (including phenoxy) is 1. The zero-order valence-corrected chi connectivity index (χ0v) is 10.8. The Kier molecular flexibility index (Phi) is 3.79. The zero-order valence-electron chi connectivity index (χ0n) is 10.8. The SMILES string of the molecule is COC(=O)CCN(C)C(=O)c1ccc2nc[nH]c2c1. The van der Waals surface area contributed by atoms with Gasteiger partial charge in [-0.25, -0.2) is 4.98 Å². The van der Waals surface area contributed by atoms with Gasteiger partial charge in [-0.2, -0.15) is 0 Å². The Morgan fingerprint density at radius 1 is 1.42 bits per heavy atom. The van der Waals surface area contributed by atoms with Gasteiger partial charge in [-0.05, 0) is 18.2 Å². The first kappa shape index (κ1) is 13.1. The van der Waals surface area contributed by atoms with Crippen LogP contribution in [0.3, 0.4) is 0 Å². The Labute approximate surface area is 110 Å². The smallest absolute Gasteiger partial charge is 0.307 e. The van der Waals surface area contributed by atoms with Crippen molar-refractivity contribution in [2.24, 2.45) is 0 Å². The highest BCUT2D eigenvalue weighted by Gasteiger charge is 2.14. The minimum Gasteiger partial charge on any atom is -0.469 e. The van der Waals surface area contributed by atoms with E-state index in [-0.39, 0.29) is 18.3 Å². The number of nitrogens with one attached hydrogen (secondary N) is 1. The van der Waals surface area contributed by atoms with E-state index in [4.69, 9.17) is 0 Å². The summed E-state index contributed by atoms with van der Waals surface area (Å²) in [4.78, 5) is 31.7. The lowest BCUT2D eigenvalue weighted by Crippen LogP contribution is -2.29. The summed E-state index contributed by atoms with van der Waals surface area (Å²) in [6, 6.07) is 5.26. The number of esters is 1. The van der Waals surface area contributed by atoms with Crippen LogP contribution in [0.1, 0.15) is 16.8 Å². The molecule has 19 heavy (non-hydrogen) atoms. The maximum absolute atomic E-state index is 12.2. The van der Waals surface area contributed by atoms with Crippen molar-refractivity contribution in [2.45, 2.75) is 6.42 Å². The molecule has 0 aliphatic carbocycles. The number of H-pyrrole nitrogens is 1. The summed E-state index contributed by atoms with van der Waals surface area (Å²) in [5.74, 6) is -0.468. The molecule has 6 heteroatoms. The van der Waals surface area contributed by atoms with E-state index in [9.17, 15) is 9.59 Å². The van der Waals surface area contributed by atoms with Gasteiger partial charge in [0.25, 0.3) is 5.91 Å². The van der Waals surface area contributed by atoms with E-state index in [2.05, 4.69) is 14.7 Å². The van der Waals surface area contributed by atoms with Crippen molar-refractivity contribution in [3.05, 3.63) is 30.1 Å². The average molecular weight is 261 g/mol. The number of carbonyl (C=O) groups excluding carboxylic acids is 2. The van der Waals surface area contributed by atoms with Gasteiger partial charge in [0.1, 0.15) is 0 Å². The highest BCUT2D eigenvalue weighted by Crippen LogP contribution is 2.13. The van der Waals surface area contributed by atoms with Gasteiger partial charge in [0.05, 0.1) is 30.9 Å². The number of aromatic nitrogens is 2. The summed E-state index contributed by atoms with van der Waals surface area (Å²) in [5.41, 5.74) is 2.19. The largest absolute Gasteiger partial charge is 0.469 e. The lowest BCUT2D eigenvalue weighted by atomic mass is 10.1. The molecule has 2 rings (SSSR count). The number of benzene rings is 1. The third-order valence-electron chi connectivity index (χ3n) is 2.89. The molecule has 1 amide bonds. The molecule has 0 unspecified atom stereocenters. The van der Waals surface area contributed by atoms with Gasteiger partial charge >= 0.3 is 5.97 Å². The second-order valence-electron chi connectivity index (χ2n) is 4.19. The van der Waals surface area contributed by atoms with Crippen molar-refractivity contribution < 1.29 is 14.3 Å². The van der Waals surface area contributed by atoms with Crippen molar-refractivity contribution in [3.63, 3.8) is 0 Å². The fourth-order valence-electron chi connectivity index (χ4n) is 1.75. The van der Waals surface area contributed by atoms with Crippen LogP contribution >= 0.6 is 0 Å². The van der Waals surface area contributed by atoms with Crippen molar-refractivity contribution in [1.82, 2.24) is 14.9 Å². The second kappa shape index (κ2) is 5.51. The van der Waals surface area contributed by atoms with Crippen LogP contribution in [-0.2, 0) is 9.53 Å². The van der Waals surface area contributed by atoms with E-state index in [1.54, 1.807) is 31.6 Å². The van der Waals surface area contributed by atoms with E-state index >= 15 is 0 Å². The van der Waals surface area contributed by atoms with Crippen LogP contribution in [0.5, 0.6) is 0 Å². The number of hydrogen-bond acceptors (Lipinski definition) is 4. The lowest BCUT2D eigenvalue weighted by molar-refractivity contribution is -0.140. The molecular formula is C13H15N3O3. The molecule has 0 fully saturated rings. The standard InChI is InChI=1S/C13H15N3O3/c1-16(6-5-12(17)19-2)13(18)9-3-4-10-11(7-9)15-8-14-10/h3-4,7-8H,5-6H2,1-2H3,(H,14,15). The summed E-state index contributed by atoms with van der Waals surface area (Å²) in [6.07, 6.45) is 1.77. The Bertz CT molecular complexity index is 606. The van der Waals surface area contributed by atoms with Crippen molar-refractivity contribution in [3.8, 4) is 0 Å². The van der Waals surface area contributed by atoms with Crippen molar-refractivity contribution in [1.29, 1.82) is 0 Å². The van der Waals surface area contributed by atoms with Gasteiger partial charge in [0.2, 0.25) is 0 Å². The maximum atomic E-state index is 12.2. The quantitative estimate of drug-likeness (QED) is 0.839. The molecule has 2 aromatic rings. The van der Waals surface area contributed by atoms with E-state index in [1.165, 1.54) is 12.0 Å². The Hall–Kier alpha value is -2.37. The molecule has 100 valence electrons. The maximum Gasteiger partial charge on any atom is 0.307 e. The number of fused-ring (bicyclic) bond motifs is 1.